The van der Waals surface area contributed by atoms with Crippen LogP contribution in [0.5, 0.6) is 11.5 Å². The molecule has 35 heavy (non-hydrogen) atoms. The zero-order valence-corrected chi connectivity index (χ0v) is 21.9. The van der Waals surface area contributed by atoms with Crippen molar-refractivity contribution >= 4 is 30.3 Å². The van der Waals surface area contributed by atoms with Crippen molar-refractivity contribution < 1.29 is 23.9 Å². The molecule has 0 bridgehead atoms. The first-order valence-electron chi connectivity index (χ1n) is 11.7. The SMILES string of the molecule is CC(CCc1cccc(C(N)=O)c1)NCCc1ccc(OC(=O)C(C)C)c(OC(=O)C(C)C)c1.Cl. The van der Waals surface area contributed by atoms with Gasteiger partial charge in [-0.05, 0) is 68.1 Å². The third kappa shape index (κ3) is 10.1. The highest BCUT2D eigenvalue weighted by Gasteiger charge is 2.18. The van der Waals surface area contributed by atoms with Gasteiger partial charge in [-0.1, -0.05) is 45.9 Å². The van der Waals surface area contributed by atoms with Crippen molar-refractivity contribution in [2.45, 2.75) is 59.9 Å². The molecule has 1 atom stereocenters. The number of carbonyl (C=O) groups excluding carboxylic acids is 3. The van der Waals surface area contributed by atoms with Crippen molar-refractivity contribution in [2.24, 2.45) is 17.6 Å². The number of aryl methyl sites for hydroxylation is 1. The van der Waals surface area contributed by atoms with Crippen molar-refractivity contribution in [1.29, 1.82) is 0 Å². The molecule has 7 nitrogen and oxygen atoms in total. The Labute approximate surface area is 214 Å². The molecule has 0 spiro atoms. The summed E-state index contributed by atoms with van der Waals surface area (Å²) in [4.78, 5) is 35.5. The molecule has 2 aromatic carbocycles. The van der Waals surface area contributed by atoms with Gasteiger partial charge in [0, 0.05) is 11.6 Å². The first-order valence-corrected chi connectivity index (χ1v) is 11.7. The zero-order valence-electron chi connectivity index (χ0n) is 21.1. The molecular weight excluding hydrogens is 468 g/mol. The molecule has 1 amide bonds. The molecule has 2 rings (SSSR count). The normalized spacial score (nSPS) is 11.6. The second-order valence-electron chi connectivity index (χ2n) is 9.14. The largest absolute Gasteiger partial charge is 0.422 e. The summed E-state index contributed by atoms with van der Waals surface area (Å²) in [5.41, 5.74) is 7.92. The number of hydrogen-bond donors (Lipinski definition) is 2. The summed E-state index contributed by atoms with van der Waals surface area (Å²) in [6.07, 6.45) is 2.45. The Bertz CT molecular complexity index is 1010. The van der Waals surface area contributed by atoms with Gasteiger partial charge in [0.2, 0.25) is 5.91 Å². The number of halogens is 1. The van der Waals surface area contributed by atoms with E-state index < -0.39 is 5.91 Å². The van der Waals surface area contributed by atoms with Crippen LogP contribution in [0.2, 0.25) is 0 Å². The van der Waals surface area contributed by atoms with Crippen molar-refractivity contribution in [3.63, 3.8) is 0 Å². The summed E-state index contributed by atoms with van der Waals surface area (Å²) in [5, 5.41) is 3.49. The molecule has 8 heteroatoms. The molecular formula is C27H37ClN2O5. The maximum Gasteiger partial charge on any atom is 0.313 e. The average Bonchev–Trinajstić information content (AvgIpc) is 2.79. The highest BCUT2D eigenvalue weighted by Crippen LogP contribution is 2.30. The van der Waals surface area contributed by atoms with E-state index in [1.54, 1.807) is 45.9 Å². The Morgan fingerprint density at radius 2 is 1.43 bits per heavy atom. The fourth-order valence-corrected chi connectivity index (χ4v) is 3.15. The summed E-state index contributed by atoms with van der Waals surface area (Å²) in [7, 11) is 0. The number of esters is 2. The van der Waals surface area contributed by atoms with Crippen LogP contribution >= 0.6 is 12.4 Å². The molecule has 0 radical (unpaired) electrons. The van der Waals surface area contributed by atoms with E-state index >= 15 is 0 Å². The highest BCUT2D eigenvalue weighted by atomic mass is 35.5. The molecule has 0 fully saturated rings. The summed E-state index contributed by atoms with van der Waals surface area (Å²) < 4.78 is 10.9. The van der Waals surface area contributed by atoms with Gasteiger partial charge >= 0.3 is 11.9 Å². The monoisotopic (exact) mass is 504 g/mol. The van der Waals surface area contributed by atoms with Gasteiger partial charge in [0.05, 0.1) is 11.8 Å². The second kappa shape index (κ2) is 14.5. The predicted octanol–water partition coefficient (Wildman–Crippen LogP) is 4.48. The van der Waals surface area contributed by atoms with Crippen LogP contribution in [0.3, 0.4) is 0 Å². The van der Waals surface area contributed by atoms with Crippen LogP contribution in [0.15, 0.2) is 42.5 Å². The van der Waals surface area contributed by atoms with Crippen LogP contribution in [0.4, 0.5) is 0 Å². The molecule has 2 aromatic rings. The summed E-state index contributed by atoms with van der Waals surface area (Å²) in [6.45, 7) is 9.84. The number of rotatable bonds is 12. The Morgan fingerprint density at radius 3 is 2.03 bits per heavy atom. The van der Waals surface area contributed by atoms with Crippen LogP contribution in [0, 0.1) is 11.8 Å². The van der Waals surface area contributed by atoms with E-state index in [0.29, 0.717) is 12.0 Å². The molecule has 0 saturated carbocycles. The van der Waals surface area contributed by atoms with Gasteiger partial charge in [-0.15, -0.1) is 12.4 Å². The van der Waals surface area contributed by atoms with E-state index in [4.69, 9.17) is 15.2 Å². The van der Waals surface area contributed by atoms with E-state index in [0.717, 1.165) is 30.5 Å². The molecule has 0 aliphatic carbocycles. The lowest BCUT2D eigenvalue weighted by Crippen LogP contribution is -2.28. The topological polar surface area (TPSA) is 108 Å². The molecule has 1 unspecified atom stereocenters. The van der Waals surface area contributed by atoms with E-state index in [9.17, 15) is 14.4 Å². The van der Waals surface area contributed by atoms with Gasteiger partial charge in [-0.25, -0.2) is 0 Å². The molecule has 0 saturated heterocycles. The number of amides is 1. The number of carbonyl (C=O) groups is 3. The van der Waals surface area contributed by atoms with Gasteiger partial charge < -0.3 is 20.5 Å². The van der Waals surface area contributed by atoms with Crippen molar-refractivity contribution in [1.82, 2.24) is 5.32 Å². The maximum absolute atomic E-state index is 12.1. The van der Waals surface area contributed by atoms with E-state index in [2.05, 4.69) is 12.2 Å². The lowest BCUT2D eigenvalue weighted by atomic mass is 10.0. The van der Waals surface area contributed by atoms with Gasteiger partial charge in [0.1, 0.15) is 0 Å². The fraction of sp³-hybridized carbons (Fsp3) is 0.444. The quantitative estimate of drug-likeness (QED) is 0.326. The highest BCUT2D eigenvalue weighted by molar-refractivity contribution is 5.92. The standard InChI is InChI=1S/C27H36N2O5.ClH/c1-17(2)26(31)33-23-12-11-21(16-24(23)34-27(32)18(3)4)13-14-29-19(5)9-10-20-7-6-8-22(15-20)25(28)30;/h6-8,11-12,15-19,29H,9-10,13-14H2,1-5H3,(H2,28,30);1H. The number of primary amides is 1. The van der Waals surface area contributed by atoms with E-state index in [-0.39, 0.29) is 53.7 Å². The smallest absolute Gasteiger partial charge is 0.313 e. The van der Waals surface area contributed by atoms with Crippen LogP contribution in [0.1, 0.15) is 62.5 Å². The Kier molecular flexibility index (Phi) is 12.5. The van der Waals surface area contributed by atoms with Gasteiger partial charge in [-0.3, -0.25) is 14.4 Å². The van der Waals surface area contributed by atoms with Crippen molar-refractivity contribution in [3.05, 3.63) is 59.2 Å². The third-order valence-electron chi connectivity index (χ3n) is 5.36. The van der Waals surface area contributed by atoms with Crippen LogP contribution in [0.25, 0.3) is 0 Å². The Morgan fingerprint density at radius 1 is 0.829 bits per heavy atom. The average molecular weight is 505 g/mol. The predicted molar refractivity (Wildman–Crippen MR) is 139 cm³/mol. The minimum Gasteiger partial charge on any atom is -0.422 e. The first kappa shape index (κ1) is 30.1. The van der Waals surface area contributed by atoms with Crippen molar-refractivity contribution in [2.75, 3.05) is 6.54 Å². The number of nitrogens with two attached hydrogens (primary N) is 1. The van der Waals surface area contributed by atoms with E-state index in [1.807, 2.05) is 24.3 Å². The first-order chi connectivity index (χ1) is 16.1. The molecule has 192 valence electrons. The Hall–Kier alpha value is -2.90. The number of hydrogen-bond acceptors (Lipinski definition) is 6. The molecule has 3 N–H and O–H groups in total. The molecule has 0 aromatic heterocycles. The maximum atomic E-state index is 12.1. The van der Waals surface area contributed by atoms with E-state index in [1.165, 1.54) is 0 Å². The minimum atomic E-state index is -0.420. The van der Waals surface area contributed by atoms with Crippen LogP contribution in [-0.4, -0.2) is 30.4 Å². The number of nitrogens with one attached hydrogen (secondary N) is 1. The second-order valence-corrected chi connectivity index (χ2v) is 9.14. The third-order valence-corrected chi connectivity index (χ3v) is 5.36. The minimum absolute atomic E-state index is 0. The molecule has 0 aliphatic rings. The Balaban J connectivity index is 0.00000612. The van der Waals surface area contributed by atoms with Gasteiger partial charge in [-0.2, -0.15) is 0 Å². The van der Waals surface area contributed by atoms with Crippen molar-refractivity contribution in [3.8, 4) is 11.5 Å². The van der Waals surface area contributed by atoms with Gasteiger partial charge in [0.15, 0.2) is 11.5 Å². The lowest BCUT2D eigenvalue weighted by molar-refractivity contribution is -0.140. The lowest BCUT2D eigenvalue weighted by Gasteiger charge is -2.16. The number of ether oxygens (including phenoxy) is 2. The fourth-order valence-electron chi connectivity index (χ4n) is 3.15. The summed E-state index contributed by atoms with van der Waals surface area (Å²) >= 11 is 0. The zero-order chi connectivity index (χ0) is 25.3. The summed E-state index contributed by atoms with van der Waals surface area (Å²) in [5.74, 6) is -1.28. The van der Waals surface area contributed by atoms with Crippen LogP contribution in [-0.2, 0) is 22.4 Å². The number of benzene rings is 2. The summed E-state index contributed by atoms with van der Waals surface area (Å²) in [6, 6.07) is 13.0. The molecule has 0 aliphatic heterocycles. The van der Waals surface area contributed by atoms with Gasteiger partial charge in [0.25, 0.3) is 0 Å². The molecule has 0 heterocycles. The van der Waals surface area contributed by atoms with Crippen LogP contribution < -0.4 is 20.5 Å².